The molecule has 1 unspecified atom stereocenters. The Balaban J connectivity index is 2.23. The third-order valence-electron chi connectivity index (χ3n) is 4.36. The third-order valence-corrected chi connectivity index (χ3v) is 4.36. The molecule has 116 valence electrons. The van der Waals surface area contributed by atoms with Crippen LogP contribution in [0.4, 0.5) is 0 Å². The van der Waals surface area contributed by atoms with Gasteiger partial charge in [0.25, 0.3) is 0 Å². The highest BCUT2D eigenvalue weighted by Crippen LogP contribution is 2.33. The van der Waals surface area contributed by atoms with Crippen LogP contribution in [0.1, 0.15) is 46.5 Å². The van der Waals surface area contributed by atoms with E-state index >= 15 is 0 Å². The Bertz CT molecular complexity index is 883. The van der Waals surface area contributed by atoms with Crippen molar-refractivity contribution in [2.24, 2.45) is 5.92 Å². The molecule has 0 N–H and O–H groups in total. The topological polar surface area (TPSA) is 51.2 Å². The second-order valence-corrected chi connectivity index (χ2v) is 6.29. The number of fused-ring (bicyclic) bond motifs is 3. The molecule has 3 nitrogen and oxygen atoms in total. The zero-order chi connectivity index (χ0) is 16.7. The molecule has 2 aromatic carbocycles. The summed E-state index contributed by atoms with van der Waals surface area (Å²) >= 11 is 0. The Morgan fingerprint density at radius 1 is 1.04 bits per heavy atom. The molecular formula is C20H18O3. The molecule has 0 fully saturated rings. The summed E-state index contributed by atoms with van der Waals surface area (Å²) in [5.74, 6) is -2.25. The molecule has 0 spiro atoms. The maximum Gasteiger partial charge on any atom is 0.230 e. The fourth-order valence-electron chi connectivity index (χ4n) is 3.15. The van der Waals surface area contributed by atoms with Crippen LogP contribution in [0.2, 0.25) is 0 Å². The molecule has 0 aromatic heterocycles. The first-order valence-electron chi connectivity index (χ1n) is 7.70. The molecule has 3 rings (SSSR count). The molecule has 0 heterocycles. The van der Waals surface area contributed by atoms with Gasteiger partial charge in [-0.05, 0) is 49.6 Å². The van der Waals surface area contributed by atoms with E-state index < -0.39 is 17.5 Å². The zero-order valence-electron chi connectivity index (χ0n) is 13.5. The number of carbonyl (C=O) groups is 3. The second-order valence-electron chi connectivity index (χ2n) is 6.29. The van der Waals surface area contributed by atoms with Crippen molar-refractivity contribution < 1.29 is 14.4 Å². The van der Waals surface area contributed by atoms with E-state index in [-0.39, 0.29) is 17.8 Å². The zero-order valence-corrected chi connectivity index (χ0v) is 13.5. The molecule has 0 radical (unpaired) electrons. The first-order chi connectivity index (χ1) is 10.9. The number of hydrogen-bond donors (Lipinski definition) is 0. The Kier molecular flexibility index (Phi) is 3.72. The van der Waals surface area contributed by atoms with Crippen LogP contribution in [-0.4, -0.2) is 17.3 Å². The van der Waals surface area contributed by atoms with Gasteiger partial charge in [-0.15, -0.1) is 0 Å². The van der Waals surface area contributed by atoms with Crippen LogP contribution in [-0.2, 0) is 4.79 Å². The molecule has 2 aromatic rings. The maximum absolute atomic E-state index is 12.8. The lowest BCUT2D eigenvalue weighted by molar-refractivity contribution is -0.117. The third kappa shape index (κ3) is 2.42. The van der Waals surface area contributed by atoms with Crippen LogP contribution >= 0.6 is 0 Å². The van der Waals surface area contributed by atoms with Crippen LogP contribution in [0.25, 0.3) is 10.8 Å². The molecule has 0 saturated carbocycles. The van der Waals surface area contributed by atoms with Crippen molar-refractivity contribution in [2.45, 2.75) is 27.2 Å². The summed E-state index contributed by atoms with van der Waals surface area (Å²) in [4.78, 5) is 37.8. The summed E-state index contributed by atoms with van der Waals surface area (Å²) in [7, 11) is 0. The quantitative estimate of drug-likeness (QED) is 0.477. The van der Waals surface area contributed by atoms with Crippen molar-refractivity contribution >= 4 is 28.1 Å². The van der Waals surface area contributed by atoms with Crippen LogP contribution in [0.3, 0.4) is 0 Å². The van der Waals surface area contributed by atoms with E-state index in [0.717, 1.165) is 16.5 Å². The van der Waals surface area contributed by atoms with E-state index in [2.05, 4.69) is 0 Å². The van der Waals surface area contributed by atoms with Crippen LogP contribution in [0.5, 0.6) is 0 Å². The number of hydrogen-bond acceptors (Lipinski definition) is 3. The van der Waals surface area contributed by atoms with Crippen LogP contribution in [0.15, 0.2) is 42.0 Å². The molecular weight excluding hydrogens is 288 g/mol. The van der Waals surface area contributed by atoms with Crippen LogP contribution in [0, 0.1) is 12.8 Å². The lowest BCUT2D eigenvalue weighted by Gasteiger charge is -2.22. The van der Waals surface area contributed by atoms with Crippen LogP contribution < -0.4 is 0 Å². The van der Waals surface area contributed by atoms with Crippen molar-refractivity contribution in [3.8, 4) is 0 Å². The molecule has 0 amide bonds. The monoisotopic (exact) mass is 306 g/mol. The smallest absolute Gasteiger partial charge is 0.230 e. The number of rotatable bonds is 2. The van der Waals surface area contributed by atoms with E-state index in [0.29, 0.717) is 10.9 Å². The molecule has 1 atom stereocenters. The minimum Gasteiger partial charge on any atom is -0.293 e. The maximum atomic E-state index is 12.8. The largest absolute Gasteiger partial charge is 0.293 e. The number of allylic oxidation sites excluding steroid dienone is 2. The SMILES string of the molecule is CC(C)=CCC1C(=O)C(=O)c2c(cc(C)c3ccccc23)C1=O. The molecule has 1 aliphatic rings. The minimum atomic E-state index is -0.884. The van der Waals surface area contributed by atoms with Gasteiger partial charge < -0.3 is 0 Å². The first kappa shape index (κ1) is 15.3. The molecule has 0 saturated heterocycles. The molecule has 0 bridgehead atoms. The van der Waals surface area contributed by atoms with Crippen molar-refractivity contribution in [1.82, 2.24) is 0 Å². The molecule has 1 aliphatic carbocycles. The van der Waals surface area contributed by atoms with Gasteiger partial charge in [-0.3, -0.25) is 14.4 Å². The van der Waals surface area contributed by atoms with Gasteiger partial charge in [-0.1, -0.05) is 35.9 Å². The Morgan fingerprint density at radius 2 is 1.70 bits per heavy atom. The van der Waals surface area contributed by atoms with Gasteiger partial charge >= 0.3 is 0 Å². The highest BCUT2D eigenvalue weighted by atomic mass is 16.2. The number of ketones is 3. The Hall–Kier alpha value is -2.55. The van der Waals surface area contributed by atoms with Gasteiger partial charge in [0.05, 0.1) is 5.92 Å². The van der Waals surface area contributed by atoms with E-state index in [1.807, 2.05) is 45.0 Å². The van der Waals surface area contributed by atoms with Crippen molar-refractivity contribution in [1.29, 1.82) is 0 Å². The summed E-state index contributed by atoms with van der Waals surface area (Å²) < 4.78 is 0. The van der Waals surface area contributed by atoms with E-state index in [1.165, 1.54) is 0 Å². The van der Waals surface area contributed by atoms with E-state index in [9.17, 15) is 14.4 Å². The van der Waals surface area contributed by atoms with E-state index in [1.54, 1.807) is 12.1 Å². The lowest BCUT2D eigenvalue weighted by atomic mass is 9.76. The normalized spacial score (nSPS) is 17.3. The standard InChI is InChI=1S/C20H18O3/c1-11(2)8-9-15-18(21)16-10-12(3)13-6-4-5-7-14(13)17(16)20(23)19(15)22/h4-8,10,15H,9H2,1-3H3. The fourth-order valence-corrected chi connectivity index (χ4v) is 3.15. The number of carbonyl (C=O) groups excluding carboxylic acids is 3. The average molecular weight is 306 g/mol. The minimum absolute atomic E-state index is 0.240. The van der Waals surface area contributed by atoms with Gasteiger partial charge in [-0.25, -0.2) is 0 Å². The molecule has 23 heavy (non-hydrogen) atoms. The molecule has 3 heteroatoms. The number of Topliss-reactive ketones (excluding diaryl/α,β-unsaturated/α-hetero) is 3. The van der Waals surface area contributed by atoms with Crippen molar-refractivity contribution in [2.75, 3.05) is 0 Å². The number of aryl methyl sites for hydroxylation is 1. The summed E-state index contributed by atoms with van der Waals surface area (Å²) in [6.07, 6.45) is 2.13. The summed E-state index contributed by atoms with van der Waals surface area (Å²) in [5, 5.41) is 1.60. The Morgan fingerprint density at radius 3 is 2.35 bits per heavy atom. The van der Waals surface area contributed by atoms with Gasteiger partial charge in [0.1, 0.15) is 0 Å². The Labute approximate surface area is 135 Å². The summed E-state index contributed by atoms with van der Waals surface area (Å²) in [6.45, 7) is 5.73. The fraction of sp³-hybridized carbons (Fsp3) is 0.250. The van der Waals surface area contributed by atoms with Gasteiger partial charge in [0.2, 0.25) is 11.6 Å². The first-order valence-corrected chi connectivity index (χ1v) is 7.70. The second kappa shape index (κ2) is 5.58. The summed E-state index contributed by atoms with van der Waals surface area (Å²) in [6, 6.07) is 9.16. The summed E-state index contributed by atoms with van der Waals surface area (Å²) in [5.41, 5.74) is 2.63. The van der Waals surface area contributed by atoms with E-state index in [4.69, 9.17) is 0 Å². The van der Waals surface area contributed by atoms with Crippen molar-refractivity contribution in [3.63, 3.8) is 0 Å². The predicted octanol–water partition coefficient (Wildman–Crippen LogP) is 4.07. The van der Waals surface area contributed by atoms with Crippen molar-refractivity contribution in [3.05, 3.63) is 58.7 Å². The predicted molar refractivity (Wildman–Crippen MR) is 89.9 cm³/mol. The lowest BCUT2D eigenvalue weighted by Crippen LogP contribution is -2.37. The van der Waals surface area contributed by atoms with Gasteiger partial charge in [-0.2, -0.15) is 0 Å². The van der Waals surface area contributed by atoms with Gasteiger partial charge in [0.15, 0.2) is 5.78 Å². The molecule has 0 aliphatic heterocycles. The highest BCUT2D eigenvalue weighted by Gasteiger charge is 2.40. The highest BCUT2D eigenvalue weighted by molar-refractivity contribution is 6.53. The average Bonchev–Trinajstić information content (AvgIpc) is 2.52. The number of benzene rings is 2. The van der Waals surface area contributed by atoms with Gasteiger partial charge in [0, 0.05) is 11.1 Å².